The lowest BCUT2D eigenvalue weighted by Gasteiger charge is -2.16. The maximum Gasteiger partial charge on any atom is 0.274 e. The Morgan fingerprint density at radius 2 is 2.04 bits per heavy atom. The number of hydrogen-bond acceptors (Lipinski definition) is 3. The third kappa shape index (κ3) is 3.62. The highest BCUT2D eigenvalue weighted by Gasteiger charge is 2.36. The Hall–Kier alpha value is -1.85. The molecule has 1 amide bonds. The van der Waals surface area contributed by atoms with Crippen LogP contribution in [0.2, 0.25) is 0 Å². The van der Waals surface area contributed by atoms with Crippen LogP contribution in [0.1, 0.15) is 47.4 Å². The number of rotatable bonds is 4. The molecule has 0 bridgehead atoms. The van der Waals surface area contributed by atoms with Crippen LogP contribution >= 0.6 is 12.4 Å². The van der Waals surface area contributed by atoms with Gasteiger partial charge in [0.2, 0.25) is 0 Å². The summed E-state index contributed by atoms with van der Waals surface area (Å²) in [5.74, 6) is 0.917. The summed E-state index contributed by atoms with van der Waals surface area (Å²) in [6, 6.07) is 12.2. The van der Waals surface area contributed by atoms with Crippen molar-refractivity contribution in [2.75, 3.05) is 19.6 Å². The molecule has 0 saturated carbocycles. The van der Waals surface area contributed by atoms with E-state index < -0.39 is 0 Å². The topological polar surface area (TPSA) is 75.0 Å². The van der Waals surface area contributed by atoms with Crippen LogP contribution in [0.3, 0.4) is 0 Å². The quantitative estimate of drug-likeness (QED) is 0.892. The maximum absolute atomic E-state index is 12.7. The summed E-state index contributed by atoms with van der Waals surface area (Å²) in [6.45, 7) is 6.13. The van der Waals surface area contributed by atoms with Crippen LogP contribution in [-0.4, -0.2) is 40.6 Å². The first-order valence-electron chi connectivity index (χ1n) is 8.19. The number of benzene rings is 1. The minimum atomic E-state index is -0.00923. The van der Waals surface area contributed by atoms with Crippen LogP contribution in [0.5, 0.6) is 0 Å². The van der Waals surface area contributed by atoms with E-state index in [2.05, 4.69) is 36.2 Å². The van der Waals surface area contributed by atoms with Crippen molar-refractivity contribution in [3.05, 3.63) is 53.3 Å². The minimum Gasteiger partial charge on any atom is -0.336 e. The maximum atomic E-state index is 12.7. The fourth-order valence-corrected chi connectivity index (χ4v) is 3.26. The number of halogens is 1. The predicted molar refractivity (Wildman–Crippen MR) is 97.6 cm³/mol. The van der Waals surface area contributed by atoms with Crippen LogP contribution < -0.4 is 5.73 Å². The highest BCUT2D eigenvalue weighted by atomic mass is 35.5. The highest BCUT2D eigenvalue weighted by Crippen LogP contribution is 2.32. The van der Waals surface area contributed by atoms with Crippen molar-refractivity contribution in [2.24, 2.45) is 11.7 Å². The number of H-pyrrole nitrogens is 1. The molecule has 1 aromatic heterocycles. The summed E-state index contributed by atoms with van der Waals surface area (Å²) in [6.07, 6.45) is 0. The van der Waals surface area contributed by atoms with Crippen molar-refractivity contribution in [2.45, 2.75) is 25.7 Å². The Morgan fingerprint density at radius 3 is 2.62 bits per heavy atom. The molecule has 2 aromatic rings. The van der Waals surface area contributed by atoms with Crippen LogP contribution in [0.25, 0.3) is 0 Å². The van der Waals surface area contributed by atoms with Gasteiger partial charge in [-0.2, -0.15) is 5.10 Å². The number of amides is 1. The summed E-state index contributed by atoms with van der Waals surface area (Å²) in [4.78, 5) is 14.6. The van der Waals surface area contributed by atoms with E-state index in [4.69, 9.17) is 5.73 Å². The van der Waals surface area contributed by atoms with Crippen LogP contribution in [0, 0.1) is 5.92 Å². The largest absolute Gasteiger partial charge is 0.336 e. The fourth-order valence-electron chi connectivity index (χ4n) is 3.26. The fraction of sp³-hybridized carbons (Fsp3) is 0.444. The second kappa shape index (κ2) is 7.81. The van der Waals surface area contributed by atoms with Crippen molar-refractivity contribution in [3.8, 4) is 0 Å². The first-order chi connectivity index (χ1) is 11.1. The van der Waals surface area contributed by atoms with Crippen molar-refractivity contribution in [1.29, 1.82) is 0 Å². The lowest BCUT2D eigenvalue weighted by Crippen LogP contribution is -2.30. The first kappa shape index (κ1) is 18.5. The van der Waals surface area contributed by atoms with Gasteiger partial charge in [-0.3, -0.25) is 9.89 Å². The molecule has 1 aromatic carbocycles. The van der Waals surface area contributed by atoms with Crippen molar-refractivity contribution in [3.63, 3.8) is 0 Å². The first-order valence-corrected chi connectivity index (χ1v) is 8.19. The molecule has 1 aliphatic rings. The van der Waals surface area contributed by atoms with E-state index in [1.54, 1.807) is 0 Å². The zero-order chi connectivity index (χ0) is 16.4. The van der Waals surface area contributed by atoms with Gasteiger partial charge in [0.1, 0.15) is 5.69 Å². The Kier molecular flexibility index (Phi) is 6.02. The van der Waals surface area contributed by atoms with E-state index in [9.17, 15) is 4.79 Å². The molecule has 6 heteroatoms. The Morgan fingerprint density at radius 1 is 1.33 bits per heavy atom. The molecule has 2 atom stereocenters. The second-order valence-corrected chi connectivity index (χ2v) is 6.59. The van der Waals surface area contributed by atoms with E-state index in [1.165, 1.54) is 5.56 Å². The van der Waals surface area contributed by atoms with Gasteiger partial charge >= 0.3 is 0 Å². The number of carbonyl (C=O) groups is 1. The number of nitrogens with two attached hydrogens (primary N) is 1. The molecule has 3 rings (SSSR count). The van der Waals surface area contributed by atoms with Gasteiger partial charge < -0.3 is 10.6 Å². The molecule has 0 unspecified atom stereocenters. The molecule has 5 nitrogen and oxygen atoms in total. The van der Waals surface area contributed by atoms with Crippen LogP contribution in [0.4, 0.5) is 0 Å². The predicted octanol–water partition coefficient (Wildman–Crippen LogP) is 2.77. The van der Waals surface area contributed by atoms with E-state index in [0.717, 1.165) is 5.69 Å². The Labute approximate surface area is 149 Å². The molecule has 3 N–H and O–H groups in total. The van der Waals surface area contributed by atoms with Crippen molar-refractivity contribution < 1.29 is 4.79 Å². The van der Waals surface area contributed by atoms with E-state index >= 15 is 0 Å². The molecule has 130 valence electrons. The van der Waals surface area contributed by atoms with Gasteiger partial charge in [-0.25, -0.2) is 0 Å². The lowest BCUT2D eigenvalue weighted by molar-refractivity contribution is 0.0780. The van der Waals surface area contributed by atoms with Crippen molar-refractivity contribution in [1.82, 2.24) is 15.1 Å². The normalized spacial score (nSPS) is 20.2. The van der Waals surface area contributed by atoms with E-state index in [1.807, 2.05) is 29.2 Å². The molecule has 1 fully saturated rings. The molecule has 2 heterocycles. The summed E-state index contributed by atoms with van der Waals surface area (Å²) >= 11 is 0. The molecule has 0 aliphatic carbocycles. The number of likely N-dealkylation sites (tertiary alicyclic amines) is 1. The molecule has 1 saturated heterocycles. The molecule has 24 heavy (non-hydrogen) atoms. The SMILES string of the molecule is CC(C)c1cc(C(=O)N2C[C@@H](CN)[C@H](c3ccccc3)C2)n[nH]1.Cl. The van der Waals surface area contributed by atoms with Gasteiger partial charge in [0.25, 0.3) is 5.91 Å². The molecule has 0 radical (unpaired) electrons. The van der Waals surface area contributed by atoms with Gasteiger partial charge in [0.05, 0.1) is 0 Å². The zero-order valence-electron chi connectivity index (χ0n) is 14.1. The molecular formula is C18H25ClN4O. The van der Waals surface area contributed by atoms with Gasteiger partial charge in [-0.05, 0) is 30.0 Å². The monoisotopic (exact) mass is 348 g/mol. The van der Waals surface area contributed by atoms with Crippen molar-refractivity contribution >= 4 is 18.3 Å². The summed E-state index contributed by atoms with van der Waals surface area (Å²) in [7, 11) is 0. The third-order valence-electron chi connectivity index (χ3n) is 4.70. The number of aromatic nitrogens is 2. The third-order valence-corrected chi connectivity index (χ3v) is 4.70. The zero-order valence-corrected chi connectivity index (χ0v) is 14.9. The van der Waals surface area contributed by atoms with Gasteiger partial charge in [0.15, 0.2) is 0 Å². The van der Waals surface area contributed by atoms with Crippen LogP contribution in [-0.2, 0) is 0 Å². The Bertz CT molecular complexity index is 671. The average Bonchev–Trinajstić information content (AvgIpc) is 3.22. The number of hydrogen-bond donors (Lipinski definition) is 2. The van der Waals surface area contributed by atoms with E-state index in [0.29, 0.717) is 43.1 Å². The highest BCUT2D eigenvalue weighted by molar-refractivity contribution is 5.92. The number of nitrogens with one attached hydrogen (secondary N) is 1. The lowest BCUT2D eigenvalue weighted by atomic mass is 9.89. The van der Waals surface area contributed by atoms with Gasteiger partial charge in [0, 0.05) is 24.7 Å². The Balaban J connectivity index is 0.00000208. The molecule has 1 aliphatic heterocycles. The summed E-state index contributed by atoms with van der Waals surface area (Å²) < 4.78 is 0. The average molecular weight is 349 g/mol. The number of carbonyl (C=O) groups excluding carboxylic acids is 1. The smallest absolute Gasteiger partial charge is 0.274 e. The molecular weight excluding hydrogens is 324 g/mol. The minimum absolute atomic E-state index is 0. The van der Waals surface area contributed by atoms with Gasteiger partial charge in [-0.15, -0.1) is 12.4 Å². The summed E-state index contributed by atoms with van der Waals surface area (Å²) in [5.41, 5.74) is 8.69. The standard InChI is InChI=1S/C18H24N4O.ClH/c1-12(2)16-8-17(21-20-16)18(23)22-10-14(9-19)15(11-22)13-6-4-3-5-7-13;/h3-8,12,14-15H,9-11,19H2,1-2H3,(H,20,21);1H/t14-,15+;/m1./s1. The second-order valence-electron chi connectivity index (χ2n) is 6.59. The van der Waals surface area contributed by atoms with E-state index in [-0.39, 0.29) is 18.3 Å². The number of nitrogens with zero attached hydrogens (tertiary/aromatic N) is 2. The summed E-state index contributed by atoms with van der Waals surface area (Å²) in [5, 5.41) is 7.14. The van der Waals surface area contributed by atoms with Crippen LogP contribution in [0.15, 0.2) is 36.4 Å². The van der Waals surface area contributed by atoms with Gasteiger partial charge in [-0.1, -0.05) is 44.2 Å². The molecule has 0 spiro atoms. The number of aromatic amines is 1.